The van der Waals surface area contributed by atoms with Crippen LogP contribution >= 0.6 is 0 Å². The minimum absolute atomic E-state index is 0.0618. The number of methoxy groups -OCH3 is 1. The predicted octanol–water partition coefficient (Wildman–Crippen LogP) is 0.645. The molecule has 146 valence electrons. The van der Waals surface area contributed by atoms with Gasteiger partial charge in [0.2, 0.25) is 0 Å². The second-order valence-corrected chi connectivity index (χ2v) is 9.91. The summed E-state index contributed by atoms with van der Waals surface area (Å²) < 4.78 is 40.8. The summed E-state index contributed by atoms with van der Waals surface area (Å²) >= 11 is 0. The molecule has 0 radical (unpaired) electrons. The Labute approximate surface area is 151 Å². The van der Waals surface area contributed by atoms with Crippen molar-refractivity contribution >= 4 is 9.84 Å². The number of sulfone groups is 1. The first kappa shape index (κ1) is 19.5. The van der Waals surface area contributed by atoms with Gasteiger partial charge in [0.25, 0.3) is 0 Å². The van der Waals surface area contributed by atoms with E-state index >= 15 is 0 Å². The number of ether oxygens (including phenoxy) is 3. The average molecular weight is 377 g/mol. The Kier molecular flexibility index (Phi) is 6.73. The molecule has 2 heterocycles. The number of rotatable bonds is 6. The number of hydrogen-bond acceptors (Lipinski definition) is 7. The van der Waals surface area contributed by atoms with Crippen LogP contribution in [0.25, 0.3) is 0 Å². The first-order valence-electron chi connectivity index (χ1n) is 9.41. The third-order valence-electron chi connectivity index (χ3n) is 5.80. The molecule has 0 aromatic heterocycles. The van der Waals surface area contributed by atoms with Crippen LogP contribution < -0.4 is 10.6 Å². The van der Waals surface area contributed by atoms with Gasteiger partial charge in [0.1, 0.15) is 22.3 Å². The molecule has 0 aromatic rings. The molecule has 8 heteroatoms. The molecule has 2 saturated heterocycles. The zero-order valence-corrected chi connectivity index (χ0v) is 16.1. The Morgan fingerprint density at radius 3 is 2.52 bits per heavy atom. The van der Waals surface area contributed by atoms with Gasteiger partial charge in [-0.2, -0.15) is 0 Å². The highest BCUT2D eigenvalue weighted by molar-refractivity contribution is 7.91. The van der Waals surface area contributed by atoms with E-state index in [1.54, 1.807) is 7.11 Å². The van der Waals surface area contributed by atoms with E-state index in [2.05, 4.69) is 10.6 Å². The lowest BCUT2D eigenvalue weighted by Gasteiger charge is -2.43. The summed E-state index contributed by atoms with van der Waals surface area (Å²) in [6, 6.07) is 0.133. The molecule has 1 saturated carbocycles. The molecular formula is C17H32N2O5S. The van der Waals surface area contributed by atoms with Crippen molar-refractivity contribution in [2.24, 2.45) is 5.92 Å². The maximum Gasteiger partial charge on any atom is 0.150 e. The van der Waals surface area contributed by atoms with Gasteiger partial charge >= 0.3 is 0 Å². The molecule has 0 bridgehead atoms. The Hall–Kier alpha value is -0.250. The Balaban J connectivity index is 1.52. The minimum atomic E-state index is -2.93. The van der Waals surface area contributed by atoms with Crippen molar-refractivity contribution in [3.05, 3.63) is 0 Å². The van der Waals surface area contributed by atoms with Crippen LogP contribution in [0.4, 0.5) is 0 Å². The molecule has 3 rings (SSSR count). The quantitative estimate of drug-likeness (QED) is 0.704. The molecule has 2 aliphatic heterocycles. The van der Waals surface area contributed by atoms with E-state index in [4.69, 9.17) is 14.2 Å². The fourth-order valence-electron chi connectivity index (χ4n) is 4.31. The second kappa shape index (κ2) is 8.63. The van der Waals surface area contributed by atoms with Crippen molar-refractivity contribution in [2.45, 2.75) is 68.4 Å². The number of nitrogens with one attached hydrogen (secondary N) is 2. The summed E-state index contributed by atoms with van der Waals surface area (Å²) in [5.74, 6) is 0.393. The third kappa shape index (κ3) is 5.14. The van der Waals surface area contributed by atoms with Gasteiger partial charge in [0.05, 0.1) is 24.0 Å². The van der Waals surface area contributed by atoms with Crippen LogP contribution in [0.5, 0.6) is 0 Å². The molecule has 2 N–H and O–H groups in total. The first-order chi connectivity index (χ1) is 12.0. The standard InChI is InChI=1S/C17H32N2O5S/c1-22-17-16(12-5-7-14(8-6-12)25(2,20)21)19-15(10-18-17)24-11-13-4-3-9-23-13/h12-19H,3-11H2,1-2H3. The summed E-state index contributed by atoms with van der Waals surface area (Å²) in [5, 5.41) is 6.81. The molecule has 1 aliphatic carbocycles. The van der Waals surface area contributed by atoms with Crippen LogP contribution in [0.1, 0.15) is 38.5 Å². The van der Waals surface area contributed by atoms with Gasteiger partial charge in [-0.05, 0) is 44.4 Å². The maximum atomic E-state index is 11.8. The van der Waals surface area contributed by atoms with Crippen LogP contribution in [0.2, 0.25) is 0 Å². The highest BCUT2D eigenvalue weighted by Crippen LogP contribution is 2.32. The normalized spacial score (nSPS) is 40.2. The van der Waals surface area contributed by atoms with E-state index in [0.717, 1.165) is 45.1 Å². The molecule has 3 fully saturated rings. The monoisotopic (exact) mass is 376 g/mol. The van der Waals surface area contributed by atoms with Crippen LogP contribution in [-0.2, 0) is 24.0 Å². The van der Waals surface area contributed by atoms with Gasteiger partial charge in [-0.3, -0.25) is 10.6 Å². The molecule has 25 heavy (non-hydrogen) atoms. The smallest absolute Gasteiger partial charge is 0.150 e. The molecular weight excluding hydrogens is 344 g/mol. The zero-order chi connectivity index (χ0) is 17.9. The Bertz CT molecular complexity index is 515. The predicted molar refractivity (Wildman–Crippen MR) is 95.0 cm³/mol. The lowest BCUT2D eigenvalue weighted by molar-refractivity contribution is -0.0890. The second-order valence-electron chi connectivity index (χ2n) is 7.58. The van der Waals surface area contributed by atoms with E-state index in [-0.39, 0.29) is 29.9 Å². The van der Waals surface area contributed by atoms with Crippen LogP contribution in [-0.4, -0.2) is 71.4 Å². The van der Waals surface area contributed by atoms with E-state index in [0.29, 0.717) is 19.1 Å². The zero-order valence-electron chi connectivity index (χ0n) is 15.3. The molecule has 4 unspecified atom stereocenters. The third-order valence-corrected chi connectivity index (χ3v) is 7.48. The van der Waals surface area contributed by atoms with Gasteiger partial charge in [-0.25, -0.2) is 8.42 Å². The van der Waals surface area contributed by atoms with E-state index in [9.17, 15) is 8.42 Å². The average Bonchev–Trinajstić information content (AvgIpc) is 3.12. The van der Waals surface area contributed by atoms with Crippen molar-refractivity contribution < 1.29 is 22.6 Å². The van der Waals surface area contributed by atoms with Gasteiger partial charge < -0.3 is 14.2 Å². The van der Waals surface area contributed by atoms with E-state index < -0.39 is 9.84 Å². The highest BCUT2D eigenvalue weighted by Gasteiger charge is 2.39. The summed E-state index contributed by atoms with van der Waals surface area (Å²) in [6.45, 7) is 2.15. The summed E-state index contributed by atoms with van der Waals surface area (Å²) in [4.78, 5) is 0. The fraction of sp³-hybridized carbons (Fsp3) is 1.00. The SMILES string of the molecule is COC1NCC(OCC2CCCO2)NC1C1CCC(S(C)(=O)=O)CC1. The van der Waals surface area contributed by atoms with Crippen LogP contribution in [0.15, 0.2) is 0 Å². The van der Waals surface area contributed by atoms with Crippen molar-refractivity contribution in [3.8, 4) is 0 Å². The molecule has 3 aliphatic rings. The largest absolute Gasteiger partial charge is 0.376 e. The lowest BCUT2D eigenvalue weighted by Crippen LogP contribution is -2.65. The first-order valence-corrected chi connectivity index (χ1v) is 11.4. The molecule has 4 atom stereocenters. The molecule has 7 nitrogen and oxygen atoms in total. The minimum Gasteiger partial charge on any atom is -0.376 e. The Morgan fingerprint density at radius 1 is 1.16 bits per heavy atom. The fourth-order valence-corrected chi connectivity index (χ4v) is 5.44. The van der Waals surface area contributed by atoms with Crippen molar-refractivity contribution in [3.63, 3.8) is 0 Å². The summed E-state index contributed by atoms with van der Waals surface area (Å²) in [5.41, 5.74) is 0. The van der Waals surface area contributed by atoms with Gasteiger partial charge in [0, 0.05) is 26.5 Å². The van der Waals surface area contributed by atoms with Crippen molar-refractivity contribution in [2.75, 3.05) is 33.1 Å². The lowest BCUT2D eigenvalue weighted by atomic mass is 9.82. The number of piperazine rings is 1. The summed E-state index contributed by atoms with van der Waals surface area (Å²) in [7, 11) is -1.22. The van der Waals surface area contributed by atoms with E-state index in [1.807, 2.05) is 0 Å². The topological polar surface area (TPSA) is 85.9 Å². The number of hydrogen-bond donors (Lipinski definition) is 2. The summed E-state index contributed by atoms with van der Waals surface area (Å²) in [6.07, 6.45) is 6.89. The molecule has 0 spiro atoms. The van der Waals surface area contributed by atoms with Gasteiger partial charge in [0.15, 0.2) is 0 Å². The van der Waals surface area contributed by atoms with Crippen molar-refractivity contribution in [1.82, 2.24) is 10.6 Å². The van der Waals surface area contributed by atoms with Gasteiger partial charge in [-0.1, -0.05) is 0 Å². The van der Waals surface area contributed by atoms with E-state index in [1.165, 1.54) is 6.26 Å². The van der Waals surface area contributed by atoms with Crippen molar-refractivity contribution in [1.29, 1.82) is 0 Å². The molecule has 0 amide bonds. The van der Waals surface area contributed by atoms with Gasteiger partial charge in [-0.15, -0.1) is 0 Å². The molecule has 0 aromatic carbocycles. The van der Waals surface area contributed by atoms with Crippen LogP contribution in [0.3, 0.4) is 0 Å². The highest BCUT2D eigenvalue weighted by atomic mass is 32.2. The Morgan fingerprint density at radius 2 is 1.92 bits per heavy atom. The maximum absolute atomic E-state index is 11.8. The van der Waals surface area contributed by atoms with Crippen LogP contribution in [0, 0.1) is 5.92 Å².